The Hall–Kier alpha value is -1.52. The van der Waals surface area contributed by atoms with Crippen molar-refractivity contribution < 1.29 is 13.6 Å². The first-order valence-corrected chi connectivity index (χ1v) is 4.62. The molecule has 0 saturated heterocycles. The molecule has 0 radical (unpaired) electrons. The van der Waals surface area contributed by atoms with E-state index in [0.717, 1.165) is 0 Å². The molecule has 5 heteroatoms. The summed E-state index contributed by atoms with van der Waals surface area (Å²) in [5, 5.41) is 2.14. The van der Waals surface area contributed by atoms with E-state index in [1.807, 2.05) is 0 Å². The number of aromatic nitrogens is 1. The van der Waals surface area contributed by atoms with Crippen LogP contribution in [0, 0.1) is 0 Å². The van der Waals surface area contributed by atoms with E-state index in [2.05, 4.69) is 10.3 Å². The van der Waals surface area contributed by atoms with E-state index in [4.69, 9.17) is 0 Å². The topological polar surface area (TPSA) is 42.0 Å². The zero-order chi connectivity index (χ0) is 11.3. The van der Waals surface area contributed by atoms with Gasteiger partial charge >= 0.3 is 0 Å². The number of carbonyl (C=O) groups is 1. The van der Waals surface area contributed by atoms with Crippen LogP contribution in [0.2, 0.25) is 0 Å². The molecule has 1 amide bonds. The first kappa shape index (κ1) is 11.6. The van der Waals surface area contributed by atoms with Crippen molar-refractivity contribution in [3.8, 4) is 0 Å². The summed E-state index contributed by atoms with van der Waals surface area (Å²) in [5.74, 6) is -3.44. The molecule has 1 rings (SSSR count). The second kappa shape index (κ2) is 4.82. The van der Waals surface area contributed by atoms with Gasteiger partial charge in [-0.3, -0.25) is 9.78 Å². The summed E-state index contributed by atoms with van der Waals surface area (Å²) >= 11 is 0. The highest BCUT2D eigenvalue weighted by Gasteiger charge is 2.26. The number of alkyl halides is 2. The van der Waals surface area contributed by atoms with E-state index in [0.29, 0.717) is 0 Å². The van der Waals surface area contributed by atoms with E-state index in [1.54, 1.807) is 12.1 Å². The Balaban J connectivity index is 2.51. The molecule has 0 fully saturated rings. The average molecular weight is 214 g/mol. The van der Waals surface area contributed by atoms with E-state index >= 15 is 0 Å². The Morgan fingerprint density at radius 1 is 1.53 bits per heavy atom. The highest BCUT2D eigenvalue weighted by atomic mass is 19.3. The summed E-state index contributed by atoms with van der Waals surface area (Å²) in [6, 6.07) is 4.75. The Kier molecular flexibility index (Phi) is 3.71. The SMILES string of the molecule is CCC(F)(F)CNC(=O)c1ccccn1. The number of amides is 1. The zero-order valence-corrected chi connectivity index (χ0v) is 8.34. The van der Waals surface area contributed by atoms with Crippen molar-refractivity contribution >= 4 is 5.91 Å². The number of halogens is 2. The van der Waals surface area contributed by atoms with Crippen LogP contribution in [0.4, 0.5) is 8.78 Å². The summed E-state index contributed by atoms with van der Waals surface area (Å²) in [7, 11) is 0. The van der Waals surface area contributed by atoms with Crippen LogP contribution in [0.3, 0.4) is 0 Å². The smallest absolute Gasteiger partial charge is 0.270 e. The number of rotatable bonds is 4. The van der Waals surface area contributed by atoms with Crippen LogP contribution in [-0.2, 0) is 0 Å². The Morgan fingerprint density at radius 3 is 2.80 bits per heavy atom. The molecule has 0 unspecified atom stereocenters. The maximum Gasteiger partial charge on any atom is 0.270 e. The minimum atomic E-state index is -2.86. The fourth-order valence-electron chi connectivity index (χ4n) is 0.922. The average Bonchev–Trinajstić information content (AvgIpc) is 2.27. The summed E-state index contributed by atoms with van der Waals surface area (Å²) in [6.45, 7) is 0.714. The maximum atomic E-state index is 12.8. The fraction of sp³-hybridized carbons (Fsp3) is 0.400. The highest BCUT2D eigenvalue weighted by molar-refractivity contribution is 5.92. The Bertz CT molecular complexity index is 327. The Morgan fingerprint density at radius 2 is 2.27 bits per heavy atom. The van der Waals surface area contributed by atoms with Gasteiger partial charge in [-0.15, -0.1) is 0 Å². The lowest BCUT2D eigenvalue weighted by Crippen LogP contribution is -2.36. The Labute approximate surface area is 86.5 Å². The van der Waals surface area contributed by atoms with Gasteiger partial charge in [-0.2, -0.15) is 0 Å². The number of hydrogen-bond donors (Lipinski definition) is 1. The van der Waals surface area contributed by atoms with Gasteiger partial charge in [0.1, 0.15) is 5.69 Å². The summed E-state index contributed by atoms with van der Waals surface area (Å²) in [4.78, 5) is 15.0. The summed E-state index contributed by atoms with van der Waals surface area (Å²) < 4.78 is 25.6. The van der Waals surface area contributed by atoms with Gasteiger partial charge in [0.15, 0.2) is 0 Å². The molecule has 1 aromatic rings. The lowest BCUT2D eigenvalue weighted by molar-refractivity contribution is -0.00106. The molecule has 0 bridgehead atoms. The van der Waals surface area contributed by atoms with Crippen LogP contribution >= 0.6 is 0 Å². The van der Waals surface area contributed by atoms with Gasteiger partial charge in [0.2, 0.25) is 0 Å². The molecule has 0 aliphatic carbocycles. The molecular weight excluding hydrogens is 202 g/mol. The third-order valence-electron chi connectivity index (χ3n) is 1.92. The molecule has 82 valence electrons. The number of carbonyl (C=O) groups excluding carboxylic acids is 1. The van der Waals surface area contributed by atoms with E-state index < -0.39 is 18.4 Å². The van der Waals surface area contributed by atoms with Crippen molar-refractivity contribution in [2.24, 2.45) is 0 Å². The molecule has 1 heterocycles. The number of hydrogen-bond acceptors (Lipinski definition) is 2. The molecule has 1 aromatic heterocycles. The molecule has 0 aliphatic heterocycles. The van der Waals surface area contributed by atoms with Gasteiger partial charge in [-0.25, -0.2) is 8.78 Å². The van der Waals surface area contributed by atoms with Crippen LogP contribution in [-0.4, -0.2) is 23.4 Å². The van der Waals surface area contributed by atoms with Crippen LogP contribution in [0.1, 0.15) is 23.8 Å². The monoisotopic (exact) mass is 214 g/mol. The van der Waals surface area contributed by atoms with Crippen molar-refractivity contribution in [3.05, 3.63) is 30.1 Å². The van der Waals surface area contributed by atoms with Crippen molar-refractivity contribution in [2.45, 2.75) is 19.3 Å². The lowest BCUT2D eigenvalue weighted by Gasteiger charge is -2.14. The number of pyridine rings is 1. The van der Waals surface area contributed by atoms with Gasteiger partial charge in [0.05, 0.1) is 6.54 Å². The fourth-order valence-corrected chi connectivity index (χ4v) is 0.922. The van der Waals surface area contributed by atoms with Crippen molar-refractivity contribution in [1.29, 1.82) is 0 Å². The molecule has 1 N–H and O–H groups in total. The molecule has 0 aliphatic rings. The molecular formula is C10H12F2N2O. The molecule has 0 aromatic carbocycles. The number of nitrogens with zero attached hydrogens (tertiary/aromatic N) is 1. The van der Waals surface area contributed by atoms with Gasteiger partial charge in [-0.05, 0) is 12.1 Å². The van der Waals surface area contributed by atoms with Crippen LogP contribution < -0.4 is 5.32 Å². The first-order chi connectivity index (χ1) is 7.05. The molecule has 3 nitrogen and oxygen atoms in total. The van der Waals surface area contributed by atoms with Crippen LogP contribution in [0.5, 0.6) is 0 Å². The molecule has 15 heavy (non-hydrogen) atoms. The second-order valence-corrected chi connectivity index (χ2v) is 3.11. The van der Waals surface area contributed by atoms with E-state index in [1.165, 1.54) is 19.2 Å². The predicted octanol–water partition coefficient (Wildman–Crippen LogP) is 1.86. The second-order valence-electron chi connectivity index (χ2n) is 3.11. The third kappa shape index (κ3) is 3.61. The first-order valence-electron chi connectivity index (χ1n) is 4.62. The summed E-state index contributed by atoms with van der Waals surface area (Å²) in [6.07, 6.45) is 1.14. The zero-order valence-electron chi connectivity index (χ0n) is 8.34. The standard InChI is InChI=1S/C10H12F2N2O/c1-2-10(11,12)7-14-9(15)8-5-3-4-6-13-8/h3-6H,2,7H2,1H3,(H,14,15). The lowest BCUT2D eigenvalue weighted by atomic mass is 10.2. The highest BCUT2D eigenvalue weighted by Crippen LogP contribution is 2.15. The van der Waals surface area contributed by atoms with Gasteiger partial charge in [0.25, 0.3) is 11.8 Å². The van der Waals surface area contributed by atoms with Crippen molar-refractivity contribution in [2.75, 3.05) is 6.54 Å². The van der Waals surface area contributed by atoms with Crippen molar-refractivity contribution in [1.82, 2.24) is 10.3 Å². The molecule has 0 spiro atoms. The van der Waals surface area contributed by atoms with E-state index in [-0.39, 0.29) is 12.1 Å². The van der Waals surface area contributed by atoms with Gasteiger partial charge in [-0.1, -0.05) is 13.0 Å². The molecule has 0 atom stereocenters. The maximum absolute atomic E-state index is 12.8. The van der Waals surface area contributed by atoms with Crippen LogP contribution in [0.15, 0.2) is 24.4 Å². The normalized spacial score (nSPS) is 11.1. The van der Waals surface area contributed by atoms with Gasteiger partial charge < -0.3 is 5.32 Å². The van der Waals surface area contributed by atoms with Crippen molar-refractivity contribution in [3.63, 3.8) is 0 Å². The van der Waals surface area contributed by atoms with E-state index in [9.17, 15) is 13.6 Å². The quantitative estimate of drug-likeness (QED) is 0.831. The number of nitrogens with one attached hydrogen (secondary N) is 1. The van der Waals surface area contributed by atoms with Crippen LogP contribution in [0.25, 0.3) is 0 Å². The minimum absolute atomic E-state index is 0.143. The third-order valence-corrected chi connectivity index (χ3v) is 1.92. The van der Waals surface area contributed by atoms with Gasteiger partial charge in [0, 0.05) is 12.6 Å². The largest absolute Gasteiger partial charge is 0.345 e. The summed E-state index contributed by atoms with van der Waals surface area (Å²) in [5.41, 5.74) is 0.143. The molecule has 0 saturated carbocycles. The predicted molar refractivity (Wildman–Crippen MR) is 51.8 cm³/mol. The minimum Gasteiger partial charge on any atom is -0.345 e.